The maximum absolute atomic E-state index is 13.4. The third-order valence-electron chi connectivity index (χ3n) is 7.10. The minimum Gasteiger partial charge on any atom is -0.497 e. The molecule has 1 aromatic carbocycles. The van der Waals surface area contributed by atoms with Crippen LogP contribution >= 0.6 is 0 Å². The van der Waals surface area contributed by atoms with Crippen molar-refractivity contribution < 1.29 is 19.1 Å². The average Bonchev–Trinajstić information content (AvgIpc) is 3.42. The number of likely N-dealkylation sites (tertiary alicyclic amines) is 1. The molecule has 0 aliphatic carbocycles. The van der Waals surface area contributed by atoms with Crippen molar-refractivity contribution in [3.63, 3.8) is 0 Å². The zero-order valence-electron chi connectivity index (χ0n) is 17.6. The highest BCUT2D eigenvalue weighted by Gasteiger charge is 2.67. The number of piperazine rings is 1. The monoisotopic (exact) mass is 411 g/mol. The van der Waals surface area contributed by atoms with E-state index in [2.05, 4.69) is 11.8 Å². The maximum Gasteiger partial charge on any atom is 0.230 e. The van der Waals surface area contributed by atoms with Crippen LogP contribution in [-0.4, -0.2) is 84.6 Å². The fourth-order valence-electron chi connectivity index (χ4n) is 5.48. The Morgan fingerprint density at radius 3 is 2.80 bits per heavy atom. The fraction of sp³-hybridized carbons (Fsp3) is 0.565. The van der Waals surface area contributed by atoms with Crippen molar-refractivity contribution in [1.82, 2.24) is 14.7 Å². The molecule has 160 valence electrons. The van der Waals surface area contributed by atoms with Crippen molar-refractivity contribution >= 4 is 11.8 Å². The van der Waals surface area contributed by atoms with E-state index in [0.29, 0.717) is 13.1 Å². The zero-order chi connectivity index (χ0) is 20.9. The third-order valence-corrected chi connectivity index (χ3v) is 7.10. The third kappa shape index (κ3) is 3.03. The van der Waals surface area contributed by atoms with Crippen molar-refractivity contribution in [2.24, 2.45) is 11.8 Å². The molecule has 0 aromatic heterocycles. The van der Waals surface area contributed by atoms with E-state index < -0.39 is 17.4 Å². The molecule has 3 fully saturated rings. The first kappa shape index (κ1) is 19.6. The summed E-state index contributed by atoms with van der Waals surface area (Å²) in [5.74, 6) is 0.0356. The number of amides is 2. The van der Waals surface area contributed by atoms with Crippen molar-refractivity contribution in [1.29, 1.82) is 0 Å². The molecule has 0 radical (unpaired) electrons. The lowest BCUT2D eigenvalue weighted by Crippen LogP contribution is -2.53. The lowest BCUT2D eigenvalue weighted by Gasteiger charge is -2.37. The van der Waals surface area contributed by atoms with Gasteiger partial charge < -0.3 is 24.2 Å². The number of fused-ring (bicyclic) bond motifs is 1. The highest BCUT2D eigenvalue weighted by Crippen LogP contribution is 2.52. The van der Waals surface area contributed by atoms with Gasteiger partial charge >= 0.3 is 0 Å². The van der Waals surface area contributed by atoms with Gasteiger partial charge in [0, 0.05) is 32.7 Å². The van der Waals surface area contributed by atoms with E-state index in [1.165, 1.54) is 0 Å². The number of nitrogens with zero attached hydrogens (tertiary/aromatic N) is 3. The smallest absolute Gasteiger partial charge is 0.230 e. The molecule has 4 aliphatic heterocycles. The number of ether oxygens (including phenoxy) is 2. The van der Waals surface area contributed by atoms with Crippen LogP contribution < -0.4 is 4.74 Å². The second kappa shape index (κ2) is 7.39. The molecular formula is C23H29N3O4. The van der Waals surface area contributed by atoms with E-state index in [0.717, 1.165) is 44.0 Å². The van der Waals surface area contributed by atoms with E-state index in [4.69, 9.17) is 9.47 Å². The van der Waals surface area contributed by atoms with Crippen LogP contribution in [0.5, 0.6) is 5.75 Å². The van der Waals surface area contributed by atoms with Gasteiger partial charge in [0.05, 0.1) is 31.6 Å². The summed E-state index contributed by atoms with van der Waals surface area (Å²) in [4.78, 5) is 33.0. The van der Waals surface area contributed by atoms with Crippen molar-refractivity contribution in [2.45, 2.75) is 25.2 Å². The van der Waals surface area contributed by atoms with E-state index in [-0.39, 0.29) is 17.9 Å². The van der Waals surface area contributed by atoms with Gasteiger partial charge in [-0.25, -0.2) is 0 Å². The number of rotatable bonds is 5. The Bertz CT molecular complexity index is 879. The number of benzene rings is 1. The highest BCUT2D eigenvalue weighted by molar-refractivity contribution is 5.93. The Balaban J connectivity index is 1.34. The summed E-state index contributed by atoms with van der Waals surface area (Å²) in [6.45, 7) is 7.36. The van der Waals surface area contributed by atoms with Gasteiger partial charge in [0.25, 0.3) is 0 Å². The topological polar surface area (TPSA) is 62.3 Å². The Morgan fingerprint density at radius 1 is 1.27 bits per heavy atom. The van der Waals surface area contributed by atoms with E-state index in [1.54, 1.807) is 7.11 Å². The molecule has 1 aromatic rings. The summed E-state index contributed by atoms with van der Waals surface area (Å²) in [6, 6.07) is 7.76. The summed E-state index contributed by atoms with van der Waals surface area (Å²) in [6.07, 6.45) is 3.73. The summed E-state index contributed by atoms with van der Waals surface area (Å²) in [5.41, 5.74) is 0.350. The number of methoxy groups -OCH3 is 1. The first-order valence-electron chi connectivity index (χ1n) is 10.8. The van der Waals surface area contributed by atoms with Crippen molar-refractivity contribution in [3.8, 4) is 5.75 Å². The number of likely N-dealkylation sites (N-methyl/N-ethyl adjacent to an activating group) is 1. The molecule has 2 amide bonds. The molecule has 4 aliphatic rings. The van der Waals surface area contributed by atoms with Crippen LogP contribution in [0.2, 0.25) is 0 Å². The first-order chi connectivity index (χ1) is 14.5. The largest absolute Gasteiger partial charge is 0.497 e. The molecule has 2 bridgehead atoms. The van der Waals surface area contributed by atoms with Crippen LogP contribution in [-0.2, 0) is 20.9 Å². The number of hydrogen-bond acceptors (Lipinski definition) is 5. The molecule has 0 unspecified atom stereocenters. The fourth-order valence-corrected chi connectivity index (χ4v) is 5.48. The molecule has 4 atom stereocenters. The van der Waals surface area contributed by atoms with Crippen LogP contribution in [0, 0.1) is 11.8 Å². The second-order valence-corrected chi connectivity index (χ2v) is 8.71. The lowest BCUT2D eigenvalue weighted by atomic mass is 9.76. The highest BCUT2D eigenvalue weighted by atomic mass is 16.5. The summed E-state index contributed by atoms with van der Waals surface area (Å²) >= 11 is 0. The van der Waals surface area contributed by atoms with Crippen LogP contribution in [0.3, 0.4) is 0 Å². The second-order valence-electron chi connectivity index (χ2n) is 8.71. The van der Waals surface area contributed by atoms with Gasteiger partial charge in [0.15, 0.2) is 0 Å². The predicted octanol–water partition coefficient (Wildman–Crippen LogP) is 1.14. The van der Waals surface area contributed by atoms with Crippen molar-refractivity contribution in [3.05, 3.63) is 42.0 Å². The predicted molar refractivity (Wildman–Crippen MR) is 111 cm³/mol. The molecule has 1 spiro atoms. The average molecular weight is 412 g/mol. The van der Waals surface area contributed by atoms with Crippen molar-refractivity contribution in [2.75, 3.05) is 46.4 Å². The van der Waals surface area contributed by atoms with Gasteiger partial charge in [-0.05, 0) is 24.2 Å². The summed E-state index contributed by atoms with van der Waals surface area (Å²) in [7, 11) is 1.64. The van der Waals surface area contributed by atoms with E-state index in [1.807, 2.05) is 46.2 Å². The van der Waals surface area contributed by atoms with Crippen LogP contribution in [0.1, 0.15) is 12.5 Å². The van der Waals surface area contributed by atoms with E-state index >= 15 is 0 Å². The molecule has 0 N–H and O–H groups in total. The van der Waals surface area contributed by atoms with Crippen LogP contribution in [0.25, 0.3) is 0 Å². The summed E-state index contributed by atoms with van der Waals surface area (Å²) < 4.78 is 11.6. The Morgan fingerprint density at radius 2 is 2.07 bits per heavy atom. The van der Waals surface area contributed by atoms with Gasteiger partial charge in [0.1, 0.15) is 11.4 Å². The molecule has 5 rings (SSSR count). The number of carbonyl (C=O) groups is 2. The standard InChI is InChI=1S/C23H29N3O4/c1-3-24-9-11-25(12-10-24)21(27)19-18-7-8-23(30-18)15-26(22(28)20(19)23)14-16-5-4-6-17(13-16)29-2/h4-8,13,18-20H,3,9-12,14-15H2,1-2H3/t18-,19-,20-,23-/m0/s1. The van der Waals surface area contributed by atoms with Gasteiger partial charge in [-0.15, -0.1) is 0 Å². The van der Waals surface area contributed by atoms with Gasteiger partial charge in [-0.3, -0.25) is 9.59 Å². The first-order valence-corrected chi connectivity index (χ1v) is 10.8. The minimum atomic E-state index is -0.661. The van der Waals surface area contributed by atoms with Crippen LogP contribution in [0.4, 0.5) is 0 Å². The van der Waals surface area contributed by atoms with Gasteiger partial charge in [-0.2, -0.15) is 0 Å². The van der Waals surface area contributed by atoms with Gasteiger partial charge in [0.2, 0.25) is 11.8 Å². The quantitative estimate of drug-likeness (QED) is 0.680. The molecule has 7 nitrogen and oxygen atoms in total. The molecular weight excluding hydrogens is 382 g/mol. The van der Waals surface area contributed by atoms with E-state index in [9.17, 15) is 9.59 Å². The Labute approximate surface area is 177 Å². The molecule has 3 saturated heterocycles. The number of hydrogen-bond donors (Lipinski definition) is 0. The molecule has 0 saturated carbocycles. The molecule has 7 heteroatoms. The van der Waals surface area contributed by atoms with Gasteiger partial charge in [-0.1, -0.05) is 31.2 Å². The molecule has 4 heterocycles. The zero-order valence-corrected chi connectivity index (χ0v) is 17.6. The summed E-state index contributed by atoms with van der Waals surface area (Å²) in [5, 5.41) is 0. The van der Waals surface area contributed by atoms with Crippen LogP contribution in [0.15, 0.2) is 36.4 Å². The normalized spacial score (nSPS) is 32.7. The SMILES string of the molecule is CCN1CCN(C(=O)[C@H]2[C@@H]3C=C[C@@]4(CN(Cc5cccc(OC)c5)C(=O)[C@H]24)O3)CC1. The Hall–Kier alpha value is -2.38. The molecule has 30 heavy (non-hydrogen) atoms. The maximum atomic E-state index is 13.4. The Kier molecular flexibility index (Phi) is 4.82. The lowest BCUT2D eigenvalue weighted by molar-refractivity contribution is -0.144. The minimum absolute atomic E-state index is 0.0233. The number of carbonyl (C=O) groups excluding carboxylic acids is 2.